The van der Waals surface area contributed by atoms with E-state index in [0.717, 1.165) is 18.6 Å². The van der Waals surface area contributed by atoms with Crippen molar-refractivity contribution in [2.75, 3.05) is 6.61 Å². The summed E-state index contributed by atoms with van der Waals surface area (Å²) in [4.78, 5) is 11.8. The first-order valence-corrected chi connectivity index (χ1v) is 7.57. The van der Waals surface area contributed by atoms with E-state index in [4.69, 9.17) is 27.9 Å². The van der Waals surface area contributed by atoms with E-state index in [1.807, 2.05) is 31.2 Å². The lowest BCUT2D eigenvalue weighted by atomic mass is 10.2. The minimum absolute atomic E-state index is 0.151. The molecule has 1 aromatic heterocycles. The van der Waals surface area contributed by atoms with E-state index in [1.54, 1.807) is 6.20 Å². The Morgan fingerprint density at radius 1 is 1.19 bits per heavy atom. The molecule has 0 N–H and O–H groups in total. The first-order valence-electron chi connectivity index (χ1n) is 6.81. The summed E-state index contributed by atoms with van der Waals surface area (Å²) in [5, 5.41) is 0.620. The molecule has 0 atom stereocenters. The smallest absolute Gasteiger partial charge is 0.269 e. The Hall–Kier alpha value is -1.45. The fourth-order valence-corrected chi connectivity index (χ4v) is 2.52. The van der Waals surface area contributed by atoms with Crippen molar-refractivity contribution in [2.45, 2.75) is 26.3 Å². The van der Waals surface area contributed by atoms with E-state index >= 15 is 0 Å². The third kappa shape index (κ3) is 4.80. The van der Waals surface area contributed by atoms with Crippen molar-refractivity contribution in [2.24, 2.45) is 0 Å². The lowest BCUT2D eigenvalue weighted by Gasteiger charge is -2.08. The summed E-state index contributed by atoms with van der Waals surface area (Å²) in [6.07, 6.45) is 3.28. The Morgan fingerprint density at radius 2 is 2.00 bits per heavy atom. The predicted molar refractivity (Wildman–Crippen MR) is 86.6 cm³/mol. The Morgan fingerprint density at radius 3 is 2.76 bits per heavy atom. The summed E-state index contributed by atoms with van der Waals surface area (Å²) >= 11 is 11.7. The van der Waals surface area contributed by atoms with Crippen LogP contribution in [0.4, 0.5) is 0 Å². The van der Waals surface area contributed by atoms with Crippen LogP contribution in [0.25, 0.3) is 0 Å². The van der Waals surface area contributed by atoms with Gasteiger partial charge in [0.1, 0.15) is 10.8 Å². The van der Waals surface area contributed by atoms with Crippen molar-refractivity contribution in [1.82, 2.24) is 4.57 Å². The van der Waals surface area contributed by atoms with Gasteiger partial charge in [-0.25, -0.2) is 0 Å². The molecule has 2 rings (SSSR count). The van der Waals surface area contributed by atoms with Gasteiger partial charge in [-0.1, -0.05) is 35.3 Å². The fourth-order valence-electron chi connectivity index (χ4n) is 2.01. The zero-order chi connectivity index (χ0) is 15.2. The Kier molecular flexibility index (Phi) is 5.71. The Bertz CT molecular complexity index is 668. The van der Waals surface area contributed by atoms with E-state index in [-0.39, 0.29) is 10.6 Å². The molecule has 0 unspecified atom stereocenters. The normalized spacial score (nSPS) is 10.6. The van der Waals surface area contributed by atoms with Crippen LogP contribution in [0.1, 0.15) is 18.4 Å². The van der Waals surface area contributed by atoms with Gasteiger partial charge < -0.3 is 9.30 Å². The van der Waals surface area contributed by atoms with Crippen LogP contribution in [0.2, 0.25) is 10.0 Å². The molecule has 0 saturated heterocycles. The van der Waals surface area contributed by atoms with Gasteiger partial charge in [0, 0.05) is 12.7 Å². The molecule has 3 nitrogen and oxygen atoms in total. The van der Waals surface area contributed by atoms with E-state index in [1.165, 1.54) is 16.2 Å². The van der Waals surface area contributed by atoms with Crippen LogP contribution in [-0.2, 0) is 6.54 Å². The molecule has 0 bridgehead atoms. The summed E-state index contributed by atoms with van der Waals surface area (Å²) in [5.41, 5.74) is 0.966. The lowest BCUT2D eigenvalue weighted by molar-refractivity contribution is 0.302. The number of aryl methyl sites for hydroxylation is 2. The zero-order valence-electron chi connectivity index (χ0n) is 11.8. The summed E-state index contributed by atoms with van der Waals surface area (Å²) in [7, 11) is 0. The Balaban J connectivity index is 1.79. The van der Waals surface area contributed by atoms with E-state index in [2.05, 4.69) is 0 Å². The molecule has 0 radical (unpaired) electrons. The number of hydrogen-bond donors (Lipinski definition) is 0. The van der Waals surface area contributed by atoms with Gasteiger partial charge in [0.05, 0.1) is 11.6 Å². The Labute approximate surface area is 134 Å². The van der Waals surface area contributed by atoms with Crippen LogP contribution in [-0.4, -0.2) is 11.2 Å². The second-order valence-corrected chi connectivity index (χ2v) is 5.72. The van der Waals surface area contributed by atoms with Crippen molar-refractivity contribution < 1.29 is 4.74 Å². The highest BCUT2D eigenvalue weighted by Crippen LogP contribution is 2.13. The van der Waals surface area contributed by atoms with Crippen LogP contribution in [0.5, 0.6) is 5.75 Å². The van der Waals surface area contributed by atoms with Gasteiger partial charge in [-0.2, -0.15) is 0 Å². The molecule has 0 fully saturated rings. The molecule has 5 heteroatoms. The molecular weight excluding hydrogens is 309 g/mol. The number of benzene rings is 1. The predicted octanol–water partition coefficient (Wildman–Crippen LogP) is 4.32. The maximum absolute atomic E-state index is 11.8. The highest BCUT2D eigenvalue weighted by atomic mass is 35.5. The number of rotatable bonds is 6. The zero-order valence-corrected chi connectivity index (χ0v) is 13.3. The number of pyridine rings is 1. The summed E-state index contributed by atoms with van der Waals surface area (Å²) in [6, 6.07) is 9.40. The molecule has 112 valence electrons. The van der Waals surface area contributed by atoms with Gasteiger partial charge in [0.25, 0.3) is 5.56 Å². The van der Waals surface area contributed by atoms with Gasteiger partial charge in [0.15, 0.2) is 0 Å². The third-order valence-electron chi connectivity index (χ3n) is 3.06. The molecule has 0 aliphatic rings. The van der Waals surface area contributed by atoms with Crippen LogP contribution in [0, 0.1) is 6.92 Å². The minimum Gasteiger partial charge on any atom is -0.494 e. The number of hydrogen-bond acceptors (Lipinski definition) is 2. The maximum atomic E-state index is 11.8. The monoisotopic (exact) mass is 325 g/mol. The van der Waals surface area contributed by atoms with Crippen LogP contribution >= 0.6 is 23.2 Å². The lowest BCUT2D eigenvalue weighted by Crippen LogP contribution is -2.20. The second-order valence-electron chi connectivity index (χ2n) is 4.88. The number of unbranched alkanes of at least 4 members (excludes halogenated alkanes) is 1. The standard InChI is InChI=1S/C16H17Cl2NO2/c1-12-5-4-6-14(9-12)21-8-3-2-7-19-11-13(17)10-15(18)16(19)20/h4-6,9-11H,2-3,7-8H2,1H3. The van der Waals surface area contributed by atoms with Crippen molar-refractivity contribution in [3.8, 4) is 5.75 Å². The van der Waals surface area contributed by atoms with Crippen LogP contribution in [0.3, 0.4) is 0 Å². The van der Waals surface area contributed by atoms with Gasteiger partial charge in [-0.3, -0.25) is 4.79 Å². The number of aromatic nitrogens is 1. The van der Waals surface area contributed by atoms with Crippen LogP contribution in [0.15, 0.2) is 41.3 Å². The minimum atomic E-state index is -0.208. The topological polar surface area (TPSA) is 31.2 Å². The summed E-state index contributed by atoms with van der Waals surface area (Å²) in [6.45, 7) is 3.23. The van der Waals surface area contributed by atoms with E-state index in [0.29, 0.717) is 18.2 Å². The average Bonchev–Trinajstić information content (AvgIpc) is 2.43. The largest absolute Gasteiger partial charge is 0.494 e. The summed E-state index contributed by atoms with van der Waals surface area (Å²) < 4.78 is 7.20. The molecule has 21 heavy (non-hydrogen) atoms. The molecule has 0 saturated carbocycles. The van der Waals surface area contributed by atoms with Crippen LogP contribution < -0.4 is 10.3 Å². The molecule has 0 amide bonds. The van der Waals surface area contributed by atoms with Gasteiger partial charge in [0.2, 0.25) is 0 Å². The second kappa shape index (κ2) is 7.53. The molecular formula is C16H17Cl2NO2. The van der Waals surface area contributed by atoms with E-state index < -0.39 is 0 Å². The van der Waals surface area contributed by atoms with Crippen molar-refractivity contribution in [3.63, 3.8) is 0 Å². The molecule has 1 aromatic carbocycles. The number of ether oxygens (including phenoxy) is 1. The average molecular weight is 326 g/mol. The highest BCUT2D eigenvalue weighted by Gasteiger charge is 2.03. The SMILES string of the molecule is Cc1cccc(OCCCCn2cc(Cl)cc(Cl)c2=O)c1. The quantitative estimate of drug-likeness (QED) is 0.740. The number of nitrogens with zero attached hydrogens (tertiary/aromatic N) is 1. The third-order valence-corrected chi connectivity index (χ3v) is 3.54. The van der Waals surface area contributed by atoms with Crippen molar-refractivity contribution in [1.29, 1.82) is 0 Å². The van der Waals surface area contributed by atoms with Gasteiger partial charge >= 0.3 is 0 Å². The van der Waals surface area contributed by atoms with Gasteiger partial charge in [-0.15, -0.1) is 0 Å². The van der Waals surface area contributed by atoms with E-state index in [9.17, 15) is 4.79 Å². The number of halogens is 2. The molecule has 2 aromatic rings. The first kappa shape index (κ1) is 15.9. The van der Waals surface area contributed by atoms with Crippen molar-refractivity contribution >= 4 is 23.2 Å². The molecule has 1 heterocycles. The fraction of sp³-hybridized carbons (Fsp3) is 0.312. The first-order chi connectivity index (χ1) is 10.1. The van der Waals surface area contributed by atoms with Crippen molar-refractivity contribution in [3.05, 3.63) is 62.5 Å². The summed E-state index contributed by atoms with van der Waals surface area (Å²) in [5.74, 6) is 0.873. The molecule has 0 spiro atoms. The molecule has 0 aliphatic carbocycles. The highest BCUT2D eigenvalue weighted by molar-refractivity contribution is 6.34. The maximum Gasteiger partial charge on any atom is 0.269 e. The molecule has 0 aliphatic heterocycles. The van der Waals surface area contributed by atoms with Gasteiger partial charge in [-0.05, 0) is 43.5 Å².